The first-order valence-corrected chi connectivity index (χ1v) is 6.75. The van der Waals surface area contributed by atoms with Crippen molar-refractivity contribution in [3.05, 3.63) is 48.7 Å². The van der Waals surface area contributed by atoms with Gasteiger partial charge in [0.15, 0.2) is 0 Å². The van der Waals surface area contributed by atoms with Crippen molar-refractivity contribution in [2.75, 3.05) is 13.1 Å². The lowest BCUT2D eigenvalue weighted by atomic mass is 10.1. The number of hydrazine groups is 1. The molecule has 1 aliphatic heterocycles. The largest absolute Gasteiger partial charge is 0.347 e. The van der Waals surface area contributed by atoms with Crippen molar-refractivity contribution < 1.29 is 4.79 Å². The number of nitrogens with zero attached hydrogens (tertiary/aromatic N) is 1. The Hall–Kier alpha value is -2.11. The Kier molecular flexibility index (Phi) is 3.54. The SMILES string of the molecule is C=CCn1cc(C(=O)NC2CNNC2)c2ccccc21. The maximum Gasteiger partial charge on any atom is 0.253 e. The molecular formula is C15H18N4O. The summed E-state index contributed by atoms with van der Waals surface area (Å²) in [5.41, 5.74) is 7.79. The van der Waals surface area contributed by atoms with Crippen molar-refractivity contribution in [3.8, 4) is 0 Å². The fraction of sp³-hybridized carbons (Fsp3) is 0.267. The number of amides is 1. The lowest BCUT2D eigenvalue weighted by molar-refractivity contribution is 0.0943. The van der Waals surface area contributed by atoms with Crippen LogP contribution in [0.3, 0.4) is 0 Å². The molecule has 0 spiro atoms. The number of para-hydroxylation sites is 1. The standard InChI is InChI=1S/C15H18N4O/c1-2-7-19-10-13(12-5-3-4-6-14(12)19)15(20)18-11-8-16-17-9-11/h2-6,10-11,16-17H,1,7-9H2,(H,18,20). The van der Waals surface area contributed by atoms with E-state index in [1.165, 1.54) is 0 Å². The highest BCUT2D eigenvalue weighted by atomic mass is 16.1. The first kappa shape index (κ1) is 12.9. The van der Waals surface area contributed by atoms with Crippen molar-refractivity contribution in [1.29, 1.82) is 0 Å². The second kappa shape index (κ2) is 5.48. The highest BCUT2D eigenvalue weighted by Gasteiger charge is 2.20. The van der Waals surface area contributed by atoms with Crippen LogP contribution in [0.2, 0.25) is 0 Å². The summed E-state index contributed by atoms with van der Waals surface area (Å²) in [5, 5.41) is 4.02. The molecule has 0 aliphatic carbocycles. The highest BCUT2D eigenvalue weighted by molar-refractivity contribution is 6.07. The van der Waals surface area contributed by atoms with Crippen LogP contribution in [0.15, 0.2) is 43.1 Å². The van der Waals surface area contributed by atoms with Crippen molar-refractivity contribution in [1.82, 2.24) is 20.7 Å². The molecule has 3 rings (SSSR count). The molecule has 1 aromatic heterocycles. The number of allylic oxidation sites excluding steroid dienone is 1. The quantitative estimate of drug-likeness (QED) is 0.727. The van der Waals surface area contributed by atoms with Gasteiger partial charge in [-0.25, -0.2) is 0 Å². The van der Waals surface area contributed by atoms with Gasteiger partial charge in [-0.3, -0.25) is 15.6 Å². The van der Waals surface area contributed by atoms with E-state index in [1.54, 1.807) is 0 Å². The number of rotatable bonds is 4. The van der Waals surface area contributed by atoms with E-state index < -0.39 is 0 Å². The van der Waals surface area contributed by atoms with Crippen LogP contribution in [0.4, 0.5) is 0 Å². The molecule has 1 amide bonds. The molecule has 3 N–H and O–H groups in total. The van der Waals surface area contributed by atoms with Crippen molar-refractivity contribution >= 4 is 16.8 Å². The second-order valence-electron chi connectivity index (χ2n) is 4.93. The molecule has 1 fully saturated rings. The number of carbonyl (C=O) groups excluding carboxylic acids is 1. The van der Waals surface area contributed by atoms with E-state index in [1.807, 2.05) is 41.1 Å². The second-order valence-corrected chi connectivity index (χ2v) is 4.93. The van der Waals surface area contributed by atoms with E-state index in [9.17, 15) is 4.79 Å². The van der Waals surface area contributed by atoms with Gasteiger partial charge in [-0.05, 0) is 6.07 Å². The predicted octanol–water partition coefficient (Wildman–Crippen LogP) is 1.03. The van der Waals surface area contributed by atoms with Gasteiger partial charge in [0, 0.05) is 36.7 Å². The Morgan fingerprint density at radius 2 is 2.15 bits per heavy atom. The minimum atomic E-state index is -0.0282. The Bertz CT molecular complexity index is 640. The van der Waals surface area contributed by atoms with E-state index in [4.69, 9.17) is 0 Å². The molecule has 0 saturated carbocycles. The lowest BCUT2D eigenvalue weighted by Crippen LogP contribution is -2.38. The van der Waals surface area contributed by atoms with Gasteiger partial charge in [-0.1, -0.05) is 24.3 Å². The molecule has 0 unspecified atom stereocenters. The van der Waals surface area contributed by atoms with Crippen LogP contribution in [0, 0.1) is 0 Å². The summed E-state index contributed by atoms with van der Waals surface area (Å²) in [5.74, 6) is -0.0282. The van der Waals surface area contributed by atoms with E-state index in [0.717, 1.165) is 24.0 Å². The monoisotopic (exact) mass is 270 g/mol. The Balaban J connectivity index is 1.93. The molecule has 104 valence electrons. The van der Waals surface area contributed by atoms with Crippen LogP contribution in [-0.2, 0) is 6.54 Å². The third-order valence-electron chi connectivity index (χ3n) is 3.52. The van der Waals surface area contributed by atoms with E-state index >= 15 is 0 Å². The third-order valence-corrected chi connectivity index (χ3v) is 3.52. The topological polar surface area (TPSA) is 58.1 Å². The summed E-state index contributed by atoms with van der Waals surface area (Å²) in [7, 11) is 0. The predicted molar refractivity (Wildman–Crippen MR) is 79.4 cm³/mol. The number of carbonyl (C=O) groups is 1. The smallest absolute Gasteiger partial charge is 0.253 e. The normalized spacial score (nSPS) is 15.6. The fourth-order valence-electron chi connectivity index (χ4n) is 2.55. The Morgan fingerprint density at radius 3 is 2.90 bits per heavy atom. The number of hydrogen-bond donors (Lipinski definition) is 3. The van der Waals surface area contributed by atoms with Crippen LogP contribution in [0.1, 0.15) is 10.4 Å². The summed E-state index contributed by atoms with van der Waals surface area (Å²) < 4.78 is 2.04. The zero-order valence-corrected chi connectivity index (χ0v) is 11.2. The molecule has 1 saturated heterocycles. The van der Waals surface area contributed by atoms with Gasteiger partial charge in [0.25, 0.3) is 5.91 Å². The van der Waals surface area contributed by atoms with Gasteiger partial charge in [-0.15, -0.1) is 6.58 Å². The van der Waals surface area contributed by atoms with Crippen molar-refractivity contribution in [2.24, 2.45) is 0 Å². The number of aromatic nitrogens is 1. The van der Waals surface area contributed by atoms with E-state index in [0.29, 0.717) is 12.1 Å². The molecule has 5 heteroatoms. The van der Waals surface area contributed by atoms with Gasteiger partial charge < -0.3 is 9.88 Å². The molecule has 2 heterocycles. The summed E-state index contributed by atoms with van der Waals surface area (Å²) in [6, 6.07) is 8.07. The first-order chi connectivity index (χ1) is 9.79. The molecule has 0 bridgehead atoms. The number of benzene rings is 1. The van der Waals surface area contributed by atoms with Crippen LogP contribution in [0.5, 0.6) is 0 Å². The zero-order chi connectivity index (χ0) is 13.9. The van der Waals surface area contributed by atoms with Gasteiger partial charge in [0.05, 0.1) is 11.6 Å². The van der Waals surface area contributed by atoms with Gasteiger partial charge in [-0.2, -0.15) is 0 Å². The Morgan fingerprint density at radius 1 is 1.40 bits per heavy atom. The lowest BCUT2D eigenvalue weighted by Gasteiger charge is -2.09. The van der Waals surface area contributed by atoms with E-state index in [-0.39, 0.29) is 11.9 Å². The molecular weight excluding hydrogens is 252 g/mol. The molecule has 0 atom stereocenters. The number of hydrogen-bond acceptors (Lipinski definition) is 3. The molecule has 0 radical (unpaired) electrons. The maximum absolute atomic E-state index is 12.4. The zero-order valence-electron chi connectivity index (χ0n) is 11.2. The summed E-state index contributed by atoms with van der Waals surface area (Å²) >= 11 is 0. The number of nitrogens with one attached hydrogen (secondary N) is 3. The average Bonchev–Trinajstić information content (AvgIpc) is 3.08. The van der Waals surface area contributed by atoms with Crippen LogP contribution < -0.4 is 16.2 Å². The number of fused-ring (bicyclic) bond motifs is 1. The van der Waals surface area contributed by atoms with Crippen LogP contribution >= 0.6 is 0 Å². The van der Waals surface area contributed by atoms with Crippen LogP contribution in [0.25, 0.3) is 10.9 Å². The molecule has 20 heavy (non-hydrogen) atoms. The highest BCUT2D eigenvalue weighted by Crippen LogP contribution is 2.21. The molecule has 5 nitrogen and oxygen atoms in total. The van der Waals surface area contributed by atoms with E-state index in [2.05, 4.69) is 22.7 Å². The summed E-state index contributed by atoms with van der Waals surface area (Å²) in [6.45, 7) is 5.95. The van der Waals surface area contributed by atoms with Gasteiger partial charge in [0.1, 0.15) is 0 Å². The maximum atomic E-state index is 12.4. The minimum Gasteiger partial charge on any atom is -0.347 e. The molecule has 1 aliphatic rings. The fourth-order valence-corrected chi connectivity index (χ4v) is 2.55. The summed E-state index contributed by atoms with van der Waals surface area (Å²) in [4.78, 5) is 12.4. The molecule has 2 aromatic rings. The Labute approximate surface area is 117 Å². The van der Waals surface area contributed by atoms with Crippen LogP contribution in [-0.4, -0.2) is 29.6 Å². The minimum absolute atomic E-state index is 0.0282. The molecule has 1 aromatic carbocycles. The van der Waals surface area contributed by atoms with Gasteiger partial charge >= 0.3 is 0 Å². The van der Waals surface area contributed by atoms with Crippen molar-refractivity contribution in [3.63, 3.8) is 0 Å². The van der Waals surface area contributed by atoms with Crippen molar-refractivity contribution in [2.45, 2.75) is 12.6 Å². The summed E-state index contributed by atoms with van der Waals surface area (Å²) in [6.07, 6.45) is 3.73. The average molecular weight is 270 g/mol. The van der Waals surface area contributed by atoms with Gasteiger partial charge in [0.2, 0.25) is 0 Å². The third kappa shape index (κ3) is 2.33. The first-order valence-electron chi connectivity index (χ1n) is 6.75.